The lowest BCUT2D eigenvalue weighted by molar-refractivity contribution is -0.135. The number of aromatic nitrogens is 6. The molecule has 0 radical (unpaired) electrons. The number of fused-ring (bicyclic) bond motifs is 2. The standard InChI is InChI=1S/C16H24N8O/c1-2-6-23-7-3-13-15(18-11-17-13)16(23)4-8-22(9-5-16)14(25)10-24-20-12-19-21-24/h11-12H,2-10H2,1H3,(H,17,18). The number of hydrogen-bond acceptors (Lipinski definition) is 6. The van der Waals surface area contributed by atoms with Crippen LogP contribution in [0.25, 0.3) is 0 Å². The van der Waals surface area contributed by atoms with Gasteiger partial charge in [0.2, 0.25) is 5.91 Å². The Morgan fingerprint density at radius 1 is 1.32 bits per heavy atom. The van der Waals surface area contributed by atoms with E-state index < -0.39 is 0 Å². The number of nitrogens with one attached hydrogen (secondary N) is 1. The molecule has 4 heterocycles. The molecule has 0 unspecified atom stereocenters. The molecule has 0 aromatic carbocycles. The number of H-pyrrole nitrogens is 1. The van der Waals surface area contributed by atoms with E-state index in [9.17, 15) is 4.79 Å². The lowest BCUT2D eigenvalue weighted by atomic mass is 9.78. The molecule has 2 aliphatic heterocycles. The summed E-state index contributed by atoms with van der Waals surface area (Å²) >= 11 is 0. The number of hydrogen-bond donors (Lipinski definition) is 1. The molecule has 25 heavy (non-hydrogen) atoms. The van der Waals surface area contributed by atoms with E-state index >= 15 is 0 Å². The molecule has 1 amide bonds. The zero-order valence-electron chi connectivity index (χ0n) is 14.6. The number of aromatic amines is 1. The SMILES string of the molecule is CCCN1CCc2[nH]cnc2C12CCN(C(=O)Cn1ncnn1)CC2. The van der Waals surface area contributed by atoms with Crippen LogP contribution in [0.5, 0.6) is 0 Å². The van der Waals surface area contributed by atoms with Crippen LogP contribution in [0.15, 0.2) is 12.7 Å². The van der Waals surface area contributed by atoms with Crippen molar-refractivity contribution in [2.45, 2.75) is 44.7 Å². The van der Waals surface area contributed by atoms with Crippen molar-refractivity contribution in [1.29, 1.82) is 0 Å². The number of tetrazole rings is 1. The summed E-state index contributed by atoms with van der Waals surface area (Å²) in [4.78, 5) is 26.3. The van der Waals surface area contributed by atoms with Crippen LogP contribution in [-0.2, 0) is 23.3 Å². The molecule has 4 rings (SSSR count). The summed E-state index contributed by atoms with van der Waals surface area (Å²) in [5.74, 6) is 0.0490. The zero-order valence-corrected chi connectivity index (χ0v) is 14.6. The van der Waals surface area contributed by atoms with Crippen LogP contribution in [0.2, 0.25) is 0 Å². The second-order valence-corrected chi connectivity index (χ2v) is 6.85. The van der Waals surface area contributed by atoms with E-state index in [0.717, 1.165) is 51.9 Å². The molecule has 1 spiro atoms. The van der Waals surface area contributed by atoms with E-state index in [4.69, 9.17) is 0 Å². The molecule has 134 valence electrons. The highest BCUT2D eigenvalue weighted by Crippen LogP contribution is 2.42. The Balaban J connectivity index is 1.50. The minimum Gasteiger partial charge on any atom is -0.348 e. The van der Waals surface area contributed by atoms with Crippen LogP contribution in [0.1, 0.15) is 37.6 Å². The molecule has 0 atom stereocenters. The number of nitrogens with zero attached hydrogens (tertiary/aromatic N) is 7. The third-order valence-corrected chi connectivity index (χ3v) is 5.50. The van der Waals surface area contributed by atoms with E-state index in [1.165, 1.54) is 22.5 Å². The molecule has 9 heteroatoms. The Bertz CT molecular complexity index is 716. The van der Waals surface area contributed by atoms with Gasteiger partial charge in [-0.1, -0.05) is 6.92 Å². The van der Waals surface area contributed by atoms with Crippen LogP contribution in [0.4, 0.5) is 0 Å². The summed E-state index contributed by atoms with van der Waals surface area (Å²) in [5.41, 5.74) is 2.42. The lowest BCUT2D eigenvalue weighted by Crippen LogP contribution is -2.57. The van der Waals surface area contributed by atoms with Crippen molar-refractivity contribution in [2.75, 3.05) is 26.2 Å². The maximum absolute atomic E-state index is 12.5. The van der Waals surface area contributed by atoms with Gasteiger partial charge < -0.3 is 9.88 Å². The summed E-state index contributed by atoms with van der Waals surface area (Å²) in [6.07, 6.45) is 7.15. The van der Waals surface area contributed by atoms with Gasteiger partial charge in [-0.15, -0.1) is 10.2 Å². The molecular formula is C16H24N8O. The van der Waals surface area contributed by atoms with Crippen molar-refractivity contribution in [3.05, 3.63) is 24.0 Å². The van der Waals surface area contributed by atoms with Gasteiger partial charge in [-0.05, 0) is 31.0 Å². The van der Waals surface area contributed by atoms with Gasteiger partial charge in [-0.2, -0.15) is 4.80 Å². The predicted octanol–water partition coefficient (Wildman–Crippen LogP) is 0.182. The summed E-state index contributed by atoms with van der Waals surface area (Å²) < 4.78 is 0. The minimum atomic E-state index is -0.0358. The Hall–Kier alpha value is -2.29. The second kappa shape index (κ2) is 6.55. The molecule has 2 aromatic rings. The summed E-state index contributed by atoms with van der Waals surface area (Å²) in [5, 5.41) is 11.3. The Morgan fingerprint density at radius 2 is 2.16 bits per heavy atom. The number of piperidine rings is 1. The van der Waals surface area contributed by atoms with Crippen molar-refractivity contribution >= 4 is 5.91 Å². The number of amides is 1. The van der Waals surface area contributed by atoms with E-state index in [-0.39, 0.29) is 18.0 Å². The fourth-order valence-corrected chi connectivity index (χ4v) is 4.28. The van der Waals surface area contributed by atoms with Crippen molar-refractivity contribution in [3.63, 3.8) is 0 Å². The maximum atomic E-state index is 12.5. The minimum absolute atomic E-state index is 0.0358. The van der Waals surface area contributed by atoms with Gasteiger partial charge in [0, 0.05) is 31.7 Å². The first-order valence-electron chi connectivity index (χ1n) is 8.99. The van der Waals surface area contributed by atoms with E-state index in [1.807, 2.05) is 11.2 Å². The normalized spacial score (nSPS) is 20.0. The van der Waals surface area contributed by atoms with Gasteiger partial charge in [0.25, 0.3) is 0 Å². The average molecular weight is 344 g/mol. The summed E-state index contributed by atoms with van der Waals surface area (Å²) in [7, 11) is 0. The third kappa shape index (κ3) is 2.82. The summed E-state index contributed by atoms with van der Waals surface area (Å²) in [6.45, 7) is 5.97. The van der Waals surface area contributed by atoms with Crippen molar-refractivity contribution < 1.29 is 4.79 Å². The molecule has 1 fully saturated rings. The van der Waals surface area contributed by atoms with Crippen molar-refractivity contribution in [3.8, 4) is 0 Å². The molecular weight excluding hydrogens is 320 g/mol. The van der Waals surface area contributed by atoms with Crippen LogP contribution in [0, 0.1) is 0 Å². The second-order valence-electron chi connectivity index (χ2n) is 6.85. The Labute approximate surface area is 146 Å². The molecule has 1 N–H and O–H groups in total. The largest absolute Gasteiger partial charge is 0.348 e. The Kier molecular flexibility index (Phi) is 4.24. The highest BCUT2D eigenvalue weighted by molar-refractivity contribution is 5.75. The first-order valence-corrected chi connectivity index (χ1v) is 8.99. The van der Waals surface area contributed by atoms with Crippen LogP contribution >= 0.6 is 0 Å². The van der Waals surface area contributed by atoms with Crippen LogP contribution in [0.3, 0.4) is 0 Å². The quantitative estimate of drug-likeness (QED) is 0.850. The van der Waals surface area contributed by atoms with Gasteiger partial charge in [-0.25, -0.2) is 4.98 Å². The first kappa shape index (κ1) is 16.2. The number of imidazole rings is 1. The number of carbonyl (C=O) groups is 1. The van der Waals surface area contributed by atoms with Crippen molar-refractivity contribution in [2.24, 2.45) is 0 Å². The topological polar surface area (TPSA) is 95.8 Å². The van der Waals surface area contributed by atoms with E-state index in [2.05, 4.69) is 37.2 Å². The monoisotopic (exact) mass is 344 g/mol. The van der Waals surface area contributed by atoms with Gasteiger partial charge >= 0.3 is 0 Å². The highest BCUT2D eigenvalue weighted by Gasteiger charge is 2.46. The number of likely N-dealkylation sites (tertiary alicyclic amines) is 1. The molecule has 0 saturated carbocycles. The molecule has 9 nitrogen and oxygen atoms in total. The smallest absolute Gasteiger partial charge is 0.246 e. The fraction of sp³-hybridized carbons (Fsp3) is 0.688. The molecule has 0 bridgehead atoms. The molecule has 2 aromatic heterocycles. The van der Waals surface area contributed by atoms with E-state index in [1.54, 1.807) is 0 Å². The zero-order chi connectivity index (χ0) is 17.3. The number of carbonyl (C=O) groups excluding carboxylic acids is 1. The third-order valence-electron chi connectivity index (χ3n) is 5.50. The van der Waals surface area contributed by atoms with Gasteiger partial charge in [0.15, 0.2) is 6.33 Å². The highest BCUT2D eigenvalue weighted by atomic mass is 16.2. The number of rotatable bonds is 4. The van der Waals surface area contributed by atoms with E-state index in [0.29, 0.717) is 0 Å². The van der Waals surface area contributed by atoms with Crippen LogP contribution in [-0.4, -0.2) is 72.1 Å². The summed E-state index contributed by atoms with van der Waals surface area (Å²) in [6, 6.07) is 0. The van der Waals surface area contributed by atoms with Gasteiger partial charge in [0.1, 0.15) is 6.54 Å². The molecule has 2 aliphatic rings. The fourth-order valence-electron chi connectivity index (χ4n) is 4.28. The van der Waals surface area contributed by atoms with Gasteiger partial charge in [0.05, 0.1) is 17.6 Å². The first-order chi connectivity index (χ1) is 12.2. The van der Waals surface area contributed by atoms with Crippen LogP contribution < -0.4 is 0 Å². The maximum Gasteiger partial charge on any atom is 0.246 e. The molecule has 1 saturated heterocycles. The molecule has 0 aliphatic carbocycles. The van der Waals surface area contributed by atoms with Crippen molar-refractivity contribution in [1.82, 2.24) is 40.0 Å². The average Bonchev–Trinajstić information content (AvgIpc) is 3.30. The predicted molar refractivity (Wildman–Crippen MR) is 89.5 cm³/mol. The lowest BCUT2D eigenvalue weighted by Gasteiger charge is -2.50. The van der Waals surface area contributed by atoms with Gasteiger partial charge in [-0.3, -0.25) is 9.69 Å². The Morgan fingerprint density at radius 3 is 2.88 bits per heavy atom.